The lowest BCUT2D eigenvalue weighted by molar-refractivity contribution is 0.0774. The first-order valence-electron chi connectivity index (χ1n) is 6.37. The van der Waals surface area contributed by atoms with Crippen LogP contribution in [0.15, 0.2) is 18.2 Å². The molecule has 2 rings (SSSR count). The minimum Gasteiger partial charge on any atom is -0.497 e. The second-order valence-corrected chi connectivity index (χ2v) is 4.52. The Bertz CT molecular complexity index is 552. The van der Waals surface area contributed by atoms with Gasteiger partial charge in [0.15, 0.2) is 0 Å². The number of carboxylic acid groups (broad SMARTS) is 1. The van der Waals surface area contributed by atoms with Crippen molar-refractivity contribution < 1.29 is 23.8 Å². The molecule has 0 aromatic heterocycles. The van der Waals surface area contributed by atoms with Crippen LogP contribution in [0.3, 0.4) is 0 Å². The van der Waals surface area contributed by atoms with Crippen LogP contribution in [0, 0.1) is 5.82 Å². The molecule has 1 aliphatic rings. The lowest BCUT2D eigenvalue weighted by Crippen LogP contribution is -2.60. The predicted molar refractivity (Wildman–Crippen MR) is 71.8 cm³/mol. The average Bonchev–Trinajstić information content (AvgIpc) is 2.48. The van der Waals surface area contributed by atoms with Gasteiger partial charge in [-0.2, -0.15) is 0 Å². The Morgan fingerprint density at radius 1 is 1.52 bits per heavy atom. The number of hydrogen-bond donors (Lipinski definition) is 3. The molecule has 0 radical (unpaired) electrons. The average molecular weight is 297 g/mol. The summed E-state index contributed by atoms with van der Waals surface area (Å²) < 4.78 is 18.7. The van der Waals surface area contributed by atoms with Crippen LogP contribution >= 0.6 is 0 Å². The Morgan fingerprint density at radius 2 is 2.29 bits per heavy atom. The van der Waals surface area contributed by atoms with Crippen molar-refractivity contribution in [1.82, 2.24) is 15.5 Å². The summed E-state index contributed by atoms with van der Waals surface area (Å²) in [6.45, 7) is 1.02. The van der Waals surface area contributed by atoms with Gasteiger partial charge in [0.25, 0.3) is 5.91 Å². The number of nitrogens with one attached hydrogen (secondary N) is 2. The Balaban J connectivity index is 2.15. The number of nitrogens with zero attached hydrogens (tertiary/aromatic N) is 1. The number of amides is 2. The van der Waals surface area contributed by atoms with E-state index in [9.17, 15) is 14.0 Å². The summed E-state index contributed by atoms with van der Waals surface area (Å²) in [6.07, 6.45) is -1.87. The van der Waals surface area contributed by atoms with Gasteiger partial charge in [-0.15, -0.1) is 0 Å². The summed E-state index contributed by atoms with van der Waals surface area (Å²) in [5, 5.41) is 14.6. The maximum atomic E-state index is 13.7. The molecule has 1 aliphatic heterocycles. The molecule has 1 aromatic carbocycles. The fourth-order valence-electron chi connectivity index (χ4n) is 2.10. The second-order valence-electron chi connectivity index (χ2n) is 4.52. The van der Waals surface area contributed by atoms with E-state index < -0.39 is 24.0 Å². The number of carbonyl (C=O) groups excluding carboxylic acids is 1. The molecule has 7 nitrogen and oxygen atoms in total. The van der Waals surface area contributed by atoms with Crippen LogP contribution in [-0.2, 0) is 0 Å². The van der Waals surface area contributed by atoms with Crippen LogP contribution in [0.2, 0.25) is 0 Å². The molecule has 1 atom stereocenters. The molecular formula is C13H16FN3O4. The van der Waals surface area contributed by atoms with Gasteiger partial charge in [-0.3, -0.25) is 9.69 Å². The zero-order chi connectivity index (χ0) is 15.4. The molecule has 1 aromatic rings. The topological polar surface area (TPSA) is 90.9 Å². The molecule has 2 amide bonds. The van der Waals surface area contributed by atoms with Crippen LogP contribution < -0.4 is 15.4 Å². The molecule has 0 saturated carbocycles. The predicted octanol–water partition coefficient (Wildman–Crippen LogP) is 0.473. The molecule has 0 bridgehead atoms. The zero-order valence-corrected chi connectivity index (χ0v) is 11.4. The SMILES string of the molecule is COc1ccc(F)c(C(=O)NC2CNCCN2C(=O)O)c1. The zero-order valence-electron chi connectivity index (χ0n) is 11.4. The lowest BCUT2D eigenvalue weighted by atomic mass is 10.1. The molecule has 1 fully saturated rings. The number of carbonyl (C=O) groups is 2. The number of halogens is 1. The van der Waals surface area contributed by atoms with E-state index in [1.54, 1.807) is 0 Å². The molecule has 1 saturated heterocycles. The Hall–Kier alpha value is -2.35. The quantitative estimate of drug-likeness (QED) is 0.754. The van der Waals surface area contributed by atoms with Crippen molar-refractivity contribution in [2.45, 2.75) is 6.17 Å². The number of ether oxygens (including phenoxy) is 1. The normalized spacial score (nSPS) is 18.2. The van der Waals surface area contributed by atoms with Gasteiger partial charge in [-0.1, -0.05) is 0 Å². The number of rotatable bonds is 3. The summed E-state index contributed by atoms with van der Waals surface area (Å²) in [5.41, 5.74) is -0.190. The highest BCUT2D eigenvalue weighted by molar-refractivity contribution is 5.95. The Kier molecular flexibility index (Phi) is 4.59. The second kappa shape index (κ2) is 6.40. The smallest absolute Gasteiger partial charge is 0.409 e. The third-order valence-electron chi connectivity index (χ3n) is 3.20. The van der Waals surface area contributed by atoms with Gasteiger partial charge in [-0.25, -0.2) is 9.18 Å². The third kappa shape index (κ3) is 3.40. The molecule has 3 N–H and O–H groups in total. The van der Waals surface area contributed by atoms with Crippen LogP contribution in [-0.4, -0.2) is 54.9 Å². The first kappa shape index (κ1) is 15.0. The standard InChI is InChI=1S/C13H16FN3O4/c1-21-8-2-3-10(14)9(6-8)12(18)16-11-7-15-4-5-17(11)13(19)20/h2-3,6,11,15H,4-5,7H2,1H3,(H,16,18)(H,19,20). The van der Waals surface area contributed by atoms with E-state index in [1.807, 2.05) is 0 Å². The van der Waals surface area contributed by atoms with Gasteiger partial charge in [0.05, 0.1) is 12.7 Å². The van der Waals surface area contributed by atoms with Gasteiger partial charge in [0.2, 0.25) is 0 Å². The fraction of sp³-hybridized carbons (Fsp3) is 0.385. The third-order valence-corrected chi connectivity index (χ3v) is 3.20. The van der Waals surface area contributed by atoms with Crippen LogP contribution in [0.5, 0.6) is 5.75 Å². The van der Waals surface area contributed by atoms with Crippen molar-refractivity contribution in [3.8, 4) is 5.75 Å². The number of benzene rings is 1. The summed E-state index contributed by atoms with van der Waals surface area (Å²) in [7, 11) is 1.41. The van der Waals surface area contributed by atoms with E-state index in [-0.39, 0.29) is 18.7 Å². The Labute approximate surface area is 120 Å². The van der Waals surface area contributed by atoms with Crippen molar-refractivity contribution in [3.63, 3.8) is 0 Å². The highest BCUT2D eigenvalue weighted by Crippen LogP contribution is 2.16. The number of hydrogen-bond acceptors (Lipinski definition) is 4. The van der Waals surface area contributed by atoms with E-state index in [0.29, 0.717) is 12.3 Å². The first-order valence-corrected chi connectivity index (χ1v) is 6.37. The van der Waals surface area contributed by atoms with E-state index in [2.05, 4.69) is 10.6 Å². The molecule has 0 spiro atoms. The largest absolute Gasteiger partial charge is 0.497 e. The summed E-state index contributed by atoms with van der Waals surface area (Å²) >= 11 is 0. The molecule has 1 unspecified atom stereocenters. The van der Waals surface area contributed by atoms with Gasteiger partial charge >= 0.3 is 6.09 Å². The Morgan fingerprint density at radius 3 is 2.95 bits per heavy atom. The van der Waals surface area contributed by atoms with Crippen LogP contribution in [0.4, 0.5) is 9.18 Å². The molecular weight excluding hydrogens is 281 g/mol. The van der Waals surface area contributed by atoms with Gasteiger partial charge in [0.1, 0.15) is 17.7 Å². The number of piperazine rings is 1. The first-order chi connectivity index (χ1) is 10.0. The molecule has 21 heavy (non-hydrogen) atoms. The number of methoxy groups -OCH3 is 1. The van der Waals surface area contributed by atoms with Gasteiger partial charge in [-0.05, 0) is 18.2 Å². The maximum Gasteiger partial charge on any atom is 0.409 e. The van der Waals surface area contributed by atoms with Gasteiger partial charge in [0, 0.05) is 19.6 Å². The minimum absolute atomic E-state index is 0.190. The monoisotopic (exact) mass is 297 g/mol. The molecule has 114 valence electrons. The fourth-order valence-corrected chi connectivity index (χ4v) is 2.10. The molecule has 8 heteroatoms. The highest BCUT2D eigenvalue weighted by Gasteiger charge is 2.28. The minimum atomic E-state index is -1.13. The molecule has 1 heterocycles. The molecule has 0 aliphatic carbocycles. The van der Waals surface area contributed by atoms with E-state index in [0.717, 1.165) is 11.0 Å². The van der Waals surface area contributed by atoms with Crippen LogP contribution in [0.1, 0.15) is 10.4 Å². The van der Waals surface area contributed by atoms with Crippen molar-refractivity contribution >= 4 is 12.0 Å². The summed E-state index contributed by atoms with van der Waals surface area (Å²) in [6, 6.07) is 3.80. The van der Waals surface area contributed by atoms with E-state index in [4.69, 9.17) is 9.84 Å². The van der Waals surface area contributed by atoms with E-state index >= 15 is 0 Å². The van der Waals surface area contributed by atoms with Crippen molar-refractivity contribution in [2.24, 2.45) is 0 Å². The van der Waals surface area contributed by atoms with Crippen molar-refractivity contribution in [3.05, 3.63) is 29.6 Å². The van der Waals surface area contributed by atoms with Crippen LogP contribution in [0.25, 0.3) is 0 Å². The van der Waals surface area contributed by atoms with E-state index in [1.165, 1.54) is 19.2 Å². The van der Waals surface area contributed by atoms with Gasteiger partial charge < -0.3 is 20.5 Å². The van der Waals surface area contributed by atoms with Crippen molar-refractivity contribution in [1.29, 1.82) is 0 Å². The highest BCUT2D eigenvalue weighted by atomic mass is 19.1. The maximum absolute atomic E-state index is 13.7. The summed E-state index contributed by atoms with van der Waals surface area (Å²) in [4.78, 5) is 24.3. The lowest BCUT2D eigenvalue weighted by Gasteiger charge is -2.34. The van der Waals surface area contributed by atoms with Crippen molar-refractivity contribution in [2.75, 3.05) is 26.7 Å². The summed E-state index contributed by atoms with van der Waals surface area (Å²) in [5.74, 6) is -1.04.